The van der Waals surface area contributed by atoms with E-state index in [4.69, 9.17) is 0 Å². The van der Waals surface area contributed by atoms with Crippen molar-refractivity contribution in [3.8, 4) is 11.4 Å². The lowest BCUT2D eigenvalue weighted by Gasteiger charge is -1.96. The number of halogens is 1. The molecule has 60 valence electrons. The Hall–Kier alpha value is -0.740. The molecule has 12 heavy (non-hydrogen) atoms. The predicted octanol–water partition coefficient (Wildman–Crippen LogP) is 2.97. The second-order valence-electron chi connectivity index (χ2n) is 2.21. The fourth-order valence-electron chi connectivity index (χ4n) is 0.904. The molecule has 2 nitrogen and oxygen atoms in total. The van der Waals surface area contributed by atoms with Crippen molar-refractivity contribution in [3.63, 3.8) is 0 Å². The van der Waals surface area contributed by atoms with Crippen molar-refractivity contribution in [1.29, 1.82) is 0 Å². The maximum atomic E-state index is 4.22. The quantitative estimate of drug-likeness (QED) is 0.767. The first-order chi connectivity index (χ1) is 5.88. The minimum atomic E-state index is 0.902. The molecule has 0 aliphatic heterocycles. The van der Waals surface area contributed by atoms with E-state index in [9.17, 15) is 0 Å². The number of hydrogen-bond acceptors (Lipinski definition) is 3. The highest BCUT2D eigenvalue weighted by molar-refractivity contribution is 9.10. The third kappa shape index (κ3) is 1.40. The molecule has 0 spiro atoms. The Balaban J connectivity index is 2.55. The molecule has 0 N–H and O–H groups in total. The maximum absolute atomic E-state index is 4.22. The summed E-state index contributed by atoms with van der Waals surface area (Å²) in [5.74, 6) is 0. The molecule has 0 aliphatic carbocycles. The molecule has 2 aromatic heterocycles. The van der Waals surface area contributed by atoms with Gasteiger partial charge in [0, 0.05) is 16.0 Å². The van der Waals surface area contributed by atoms with E-state index in [2.05, 4.69) is 25.9 Å². The van der Waals surface area contributed by atoms with Crippen LogP contribution in [0.5, 0.6) is 0 Å². The van der Waals surface area contributed by atoms with Crippen molar-refractivity contribution < 1.29 is 0 Å². The summed E-state index contributed by atoms with van der Waals surface area (Å²) in [6, 6.07) is 3.85. The Morgan fingerprint density at radius 1 is 1.33 bits per heavy atom. The molecule has 0 aliphatic rings. The molecular weight excluding hydrogens is 236 g/mol. The van der Waals surface area contributed by atoms with Crippen molar-refractivity contribution in [2.24, 2.45) is 0 Å². The van der Waals surface area contributed by atoms with Gasteiger partial charge in [-0.15, -0.1) is 11.3 Å². The molecule has 0 unspecified atom stereocenters. The molecule has 2 heterocycles. The summed E-state index contributed by atoms with van der Waals surface area (Å²) in [5.41, 5.74) is 3.63. The average molecular weight is 241 g/mol. The molecule has 0 bridgehead atoms. The summed E-state index contributed by atoms with van der Waals surface area (Å²) < 4.78 is 0.982. The van der Waals surface area contributed by atoms with Crippen LogP contribution in [0.4, 0.5) is 0 Å². The van der Waals surface area contributed by atoms with Crippen LogP contribution in [0.2, 0.25) is 0 Å². The van der Waals surface area contributed by atoms with Gasteiger partial charge in [0.15, 0.2) is 0 Å². The molecule has 0 radical (unpaired) electrons. The average Bonchev–Trinajstić information content (AvgIpc) is 2.57. The number of rotatable bonds is 1. The molecule has 0 amide bonds. The summed E-state index contributed by atoms with van der Waals surface area (Å²) in [7, 11) is 0. The van der Waals surface area contributed by atoms with Crippen LogP contribution in [0.25, 0.3) is 11.4 Å². The summed E-state index contributed by atoms with van der Waals surface area (Å²) >= 11 is 4.99. The highest BCUT2D eigenvalue weighted by Crippen LogP contribution is 2.24. The number of nitrogens with zero attached hydrogens (tertiary/aromatic N) is 2. The number of aromatic nitrogens is 2. The van der Waals surface area contributed by atoms with Gasteiger partial charge >= 0.3 is 0 Å². The fraction of sp³-hybridized carbons (Fsp3) is 0. The molecule has 0 atom stereocenters. The lowest BCUT2D eigenvalue weighted by Crippen LogP contribution is -1.83. The summed E-state index contributed by atoms with van der Waals surface area (Å²) in [5, 5.41) is 1.98. The Labute approximate surface area is 82.4 Å². The SMILES string of the molecule is Brc1cccnc1-c1cscn1. The van der Waals surface area contributed by atoms with E-state index in [1.54, 1.807) is 23.0 Å². The molecule has 0 fully saturated rings. The number of hydrogen-bond donors (Lipinski definition) is 0. The Bertz CT molecular complexity index is 372. The normalized spacial score (nSPS) is 10.1. The van der Waals surface area contributed by atoms with E-state index in [1.807, 2.05) is 17.5 Å². The van der Waals surface area contributed by atoms with E-state index in [0.29, 0.717) is 0 Å². The van der Waals surface area contributed by atoms with Gasteiger partial charge in [-0.2, -0.15) is 0 Å². The Kier molecular flexibility index (Phi) is 2.19. The summed E-state index contributed by atoms with van der Waals surface area (Å²) in [6.07, 6.45) is 1.76. The zero-order valence-corrected chi connectivity index (χ0v) is 8.47. The lowest BCUT2D eigenvalue weighted by atomic mass is 10.3. The minimum absolute atomic E-state index is 0.902. The van der Waals surface area contributed by atoms with Crippen LogP contribution < -0.4 is 0 Å². The molecule has 2 rings (SSSR count). The van der Waals surface area contributed by atoms with Gasteiger partial charge in [0.05, 0.1) is 5.51 Å². The van der Waals surface area contributed by atoms with Crippen molar-refractivity contribution in [2.75, 3.05) is 0 Å². The third-order valence-electron chi connectivity index (χ3n) is 1.43. The van der Waals surface area contributed by atoms with Gasteiger partial charge in [0.1, 0.15) is 11.4 Å². The third-order valence-corrected chi connectivity index (χ3v) is 2.66. The highest BCUT2D eigenvalue weighted by Gasteiger charge is 2.04. The van der Waals surface area contributed by atoms with Gasteiger partial charge in [-0.25, -0.2) is 4.98 Å². The molecule has 0 saturated heterocycles. The van der Waals surface area contributed by atoms with Crippen LogP contribution >= 0.6 is 27.3 Å². The summed E-state index contributed by atoms with van der Waals surface area (Å²) in [4.78, 5) is 8.39. The van der Waals surface area contributed by atoms with Crippen LogP contribution in [-0.2, 0) is 0 Å². The first-order valence-electron chi connectivity index (χ1n) is 3.37. The topological polar surface area (TPSA) is 25.8 Å². The molecular formula is C8H5BrN2S. The summed E-state index contributed by atoms with van der Waals surface area (Å²) in [6.45, 7) is 0. The fourth-order valence-corrected chi connectivity index (χ4v) is 1.90. The van der Waals surface area contributed by atoms with Gasteiger partial charge in [-0.3, -0.25) is 4.98 Å². The maximum Gasteiger partial charge on any atom is 0.104 e. The molecule has 0 saturated carbocycles. The first kappa shape index (κ1) is 7.89. The van der Waals surface area contributed by atoms with Gasteiger partial charge in [-0.1, -0.05) is 0 Å². The monoisotopic (exact) mass is 240 g/mol. The second-order valence-corrected chi connectivity index (χ2v) is 3.78. The van der Waals surface area contributed by atoms with Crippen molar-refractivity contribution in [3.05, 3.63) is 33.7 Å². The van der Waals surface area contributed by atoms with E-state index in [0.717, 1.165) is 15.9 Å². The predicted molar refractivity (Wildman–Crippen MR) is 53.0 cm³/mol. The van der Waals surface area contributed by atoms with Crippen LogP contribution in [0.15, 0.2) is 33.7 Å². The van der Waals surface area contributed by atoms with Crippen LogP contribution in [-0.4, -0.2) is 9.97 Å². The first-order valence-corrected chi connectivity index (χ1v) is 5.10. The number of thiazole rings is 1. The van der Waals surface area contributed by atoms with Crippen LogP contribution in [0.3, 0.4) is 0 Å². The van der Waals surface area contributed by atoms with Crippen molar-refractivity contribution >= 4 is 27.3 Å². The largest absolute Gasteiger partial charge is 0.253 e. The zero-order valence-electron chi connectivity index (χ0n) is 6.07. The molecule has 0 aromatic carbocycles. The van der Waals surface area contributed by atoms with Gasteiger partial charge in [0.2, 0.25) is 0 Å². The minimum Gasteiger partial charge on any atom is -0.253 e. The Morgan fingerprint density at radius 3 is 2.92 bits per heavy atom. The smallest absolute Gasteiger partial charge is 0.104 e. The van der Waals surface area contributed by atoms with Crippen molar-refractivity contribution in [1.82, 2.24) is 9.97 Å². The second kappa shape index (κ2) is 3.33. The van der Waals surface area contributed by atoms with Gasteiger partial charge in [-0.05, 0) is 28.1 Å². The zero-order chi connectivity index (χ0) is 8.39. The van der Waals surface area contributed by atoms with Crippen LogP contribution in [0.1, 0.15) is 0 Å². The van der Waals surface area contributed by atoms with E-state index in [1.165, 1.54) is 0 Å². The standard InChI is InChI=1S/C8H5BrN2S/c9-6-2-1-3-10-8(6)7-4-12-5-11-7/h1-5H. The molecule has 4 heteroatoms. The lowest BCUT2D eigenvalue weighted by molar-refractivity contribution is 1.27. The van der Waals surface area contributed by atoms with Crippen molar-refractivity contribution in [2.45, 2.75) is 0 Å². The molecule has 2 aromatic rings. The van der Waals surface area contributed by atoms with Crippen LogP contribution in [0, 0.1) is 0 Å². The van der Waals surface area contributed by atoms with Gasteiger partial charge in [0.25, 0.3) is 0 Å². The van der Waals surface area contributed by atoms with E-state index in [-0.39, 0.29) is 0 Å². The number of pyridine rings is 1. The highest BCUT2D eigenvalue weighted by atomic mass is 79.9. The Morgan fingerprint density at radius 2 is 2.25 bits per heavy atom. The van der Waals surface area contributed by atoms with E-state index < -0.39 is 0 Å². The van der Waals surface area contributed by atoms with E-state index >= 15 is 0 Å². The van der Waals surface area contributed by atoms with Gasteiger partial charge < -0.3 is 0 Å².